The lowest BCUT2D eigenvalue weighted by Crippen LogP contribution is -2.21. The molecule has 0 amide bonds. The van der Waals surface area contributed by atoms with Crippen LogP contribution in [-0.4, -0.2) is 19.4 Å². The summed E-state index contributed by atoms with van der Waals surface area (Å²) in [4.78, 5) is 12.5. The van der Waals surface area contributed by atoms with Crippen LogP contribution in [0.25, 0.3) is 6.08 Å². The Labute approximate surface area is 91.2 Å². The maximum absolute atomic E-state index is 10.2. The lowest BCUT2D eigenvalue weighted by Gasteiger charge is -2.21. The Morgan fingerprint density at radius 3 is 2.60 bits per heavy atom. The zero-order valence-corrected chi connectivity index (χ0v) is 9.31. The largest absolute Gasteiger partial charge is 0.372 e. The number of benzene rings is 1. The van der Waals surface area contributed by atoms with E-state index in [1.165, 1.54) is 11.8 Å². The highest BCUT2D eigenvalue weighted by molar-refractivity contribution is 5.74. The number of carbonyl (C=O) groups excluding carboxylic acids is 1. The molecule has 0 radical (unpaired) electrons. The van der Waals surface area contributed by atoms with E-state index in [-0.39, 0.29) is 0 Å². The van der Waals surface area contributed by atoms with Gasteiger partial charge in [0.1, 0.15) is 6.29 Å². The fraction of sp³-hybridized carbons (Fsp3) is 0.308. The Morgan fingerprint density at radius 1 is 1.27 bits per heavy atom. The Balaban J connectivity index is 2.90. The van der Waals surface area contributed by atoms with Crippen molar-refractivity contribution in [1.29, 1.82) is 0 Å². The third kappa shape index (κ3) is 3.24. The Kier molecular flexibility index (Phi) is 4.61. The maximum Gasteiger partial charge on any atom is 0.142 e. The summed E-state index contributed by atoms with van der Waals surface area (Å²) in [6.45, 7) is 6.27. The SMILES string of the molecule is CCN(CC)c1cccc(/C=C/C=O)c1. The third-order valence-corrected chi connectivity index (χ3v) is 2.37. The van der Waals surface area contributed by atoms with Crippen LogP contribution in [0.3, 0.4) is 0 Å². The molecule has 0 saturated carbocycles. The molecule has 2 nitrogen and oxygen atoms in total. The summed E-state index contributed by atoms with van der Waals surface area (Å²) in [5, 5.41) is 0. The van der Waals surface area contributed by atoms with Gasteiger partial charge in [-0.15, -0.1) is 0 Å². The Hall–Kier alpha value is -1.57. The van der Waals surface area contributed by atoms with Gasteiger partial charge in [-0.3, -0.25) is 4.79 Å². The van der Waals surface area contributed by atoms with Crippen LogP contribution >= 0.6 is 0 Å². The smallest absolute Gasteiger partial charge is 0.142 e. The van der Waals surface area contributed by atoms with Crippen molar-refractivity contribution in [2.45, 2.75) is 13.8 Å². The zero-order chi connectivity index (χ0) is 11.1. The summed E-state index contributed by atoms with van der Waals surface area (Å²) in [5.41, 5.74) is 2.26. The van der Waals surface area contributed by atoms with E-state index in [1.54, 1.807) is 0 Å². The second-order valence-corrected chi connectivity index (χ2v) is 3.26. The topological polar surface area (TPSA) is 20.3 Å². The molecule has 0 heterocycles. The molecule has 0 saturated heterocycles. The number of anilines is 1. The molecule has 2 heteroatoms. The molecule has 0 fully saturated rings. The van der Waals surface area contributed by atoms with Gasteiger partial charge in [0.25, 0.3) is 0 Å². The zero-order valence-electron chi connectivity index (χ0n) is 9.31. The van der Waals surface area contributed by atoms with E-state index in [2.05, 4.69) is 30.9 Å². The van der Waals surface area contributed by atoms with Gasteiger partial charge >= 0.3 is 0 Å². The predicted octanol–water partition coefficient (Wildman–Crippen LogP) is 2.74. The molecule has 0 aliphatic carbocycles. The van der Waals surface area contributed by atoms with Gasteiger partial charge < -0.3 is 4.90 Å². The van der Waals surface area contributed by atoms with Gasteiger partial charge in [-0.1, -0.05) is 18.2 Å². The summed E-state index contributed by atoms with van der Waals surface area (Å²) < 4.78 is 0. The van der Waals surface area contributed by atoms with Crippen molar-refractivity contribution in [3.63, 3.8) is 0 Å². The number of rotatable bonds is 5. The highest BCUT2D eigenvalue weighted by atomic mass is 16.1. The molecule has 15 heavy (non-hydrogen) atoms. The molecule has 0 unspecified atom stereocenters. The highest BCUT2D eigenvalue weighted by Gasteiger charge is 2.00. The van der Waals surface area contributed by atoms with Gasteiger partial charge in [0.2, 0.25) is 0 Å². The molecule has 0 atom stereocenters. The van der Waals surface area contributed by atoms with Crippen LogP contribution in [0.5, 0.6) is 0 Å². The fourth-order valence-corrected chi connectivity index (χ4v) is 1.56. The number of aldehydes is 1. The molecule has 1 rings (SSSR count). The standard InChI is InChI=1S/C13H17NO/c1-3-14(4-2)13-9-5-7-12(11-13)8-6-10-15/h5-11H,3-4H2,1-2H3/b8-6+. The Morgan fingerprint density at radius 2 is 2.00 bits per heavy atom. The molecule has 0 bridgehead atoms. The van der Waals surface area contributed by atoms with Gasteiger partial charge in [-0.2, -0.15) is 0 Å². The number of hydrogen-bond acceptors (Lipinski definition) is 2. The molecule has 80 valence electrons. The molecule has 1 aromatic rings. The normalized spacial score (nSPS) is 10.5. The van der Waals surface area contributed by atoms with Crippen LogP contribution in [0.1, 0.15) is 19.4 Å². The minimum absolute atomic E-state index is 0.796. The summed E-state index contributed by atoms with van der Waals surface area (Å²) in [6.07, 6.45) is 4.13. The molecule has 0 N–H and O–H groups in total. The van der Waals surface area contributed by atoms with Gasteiger partial charge in [0, 0.05) is 18.8 Å². The first-order valence-electron chi connectivity index (χ1n) is 5.28. The summed E-state index contributed by atoms with van der Waals surface area (Å²) in [7, 11) is 0. The number of nitrogens with zero attached hydrogens (tertiary/aromatic N) is 1. The van der Waals surface area contributed by atoms with Crippen LogP contribution in [0.2, 0.25) is 0 Å². The first kappa shape index (κ1) is 11.5. The highest BCUT2D eigenvalue weighted by Crippen LogP contribution is 2.16. The third-order valence-electron chi connectivity index (χ3n) is 2.37. The van der Waals surface area contributed by atoms with E-state index in [0.29, 0.717) is 0 Å². The van der Waals surface area contributed by atoms with Crippen molar-refractivity contribution in [3.05, 3.63) is 35.9 Å². The van der Waals surface area contributed by atoms with Crippen LogP contribution < -0.4 is 4.90 Å². The molecule has 1 aromatic carbocycles. The first-order valence-corrected chi connectivity index (χ1v) is 5.28. The van der Waals surface area contributed by atoms with E-state index in [1.807, 2.05) is 18.2 Å². The second-order valence-electron chi connectivity index (χ2n) is 3.26. The maximum atomic E-state index is 10.2. The van der Waals surface area contributed by atoms with Crippen molar-refractivity contribution in [1.82, 2.24) is 0 Å². The van der Waals surface area contributed by atoms with Crippen LogP contribution in [-0.2, 0) is 4.79 Å². The average Bonchev–Trinajstić information content (AvgIpc) is 2.29. The van der Waals surface area contributed by atoms with Crippen molar-refractivity contribution < 1.29 is 4.79 Å². The summed E-state index contributed by atoms with van der Waals surface area (Å²) >= 11 is 0. The van der Waals surface area contributed by atoms with Crippen LogP contribution in [0, 0.1) is 0 Å². The molecular formula is C13H17NO. The quantitative estimate of drug-likeness (QED) is 0.541. The van der Waals surface area contributed by atoms with Crippen molar-refractivity contribution >= 4 is 18.0 Å². The van der Waals surface area contributed by atoms with Gasteiger partial charge in [0.05, 0.1) is 0 Å². The minimum atomic E-state index is 0.796. The molecule has 0 aliphatic heterocycles. The molecular weight excluding hydrogens is 186 g/mol. The van der Waals surface area contributed by atoms with E-state index in [9.17, 15) is 4.79 Å². The van der Waals surface area contributed by atoms with Gasteiger partial charge in [0.15, 0.2) is 0 Å². The predicted molar refractivity (Wildman–Crippen MR) is 65.1 cm³/mol. The van der Waals surface area contributed by atoms with Gasteiger partial charge in [-0.05, 0) is 37.6 Å². The average molecular weight is 203 g/mol. The molecule has 0 aromatic heterocycles. The second kappa shape index (κ2) is 6.02. The van der Waals surface area contributed by atoms with Crippen molar-refractivity contribution in [2.24, 2.45) is 0 Å². The number of hydrogen-bond donors (Lipinski definition) is 0. The molecule has 0 aliphatic rings. The lowest BCUT2D eigenvalue weighted by molar-refractivity contribution is -0.104. The van der Waals surface area contributed by atoms with Crippen LogP contribution in [0.4, 0.5) is 5.69 Å². The van der Waals surface area contributed by atoms with E-state index in [4.69, 9.17) is 0 Å². The van der Waals surface area contributed by atoms with E-state index < -0.39 is 0 Å². The molecule has 0 spiro atoms. The van der Waals surface area contributed by atoms with Gasteiger partial charge in [-0.25, -0.2) is 0 Å². The fourth-order valence-electron chi connectivity index (χ4n) is 1.56. The van der Waals surface area contributed by atoms with E-state index >= 15 is 0 Å². The summed E-state index contributed by atoms with van der Waals surface area (Å²) in [5.74, 6) is 0. The number of carbonyl (C=O) groups is 1. The van der Waals surface area contributed by atoms with Crippen LogP contribution in [0.15, 0.2) is 30.3 Å². The van der Waals surface area contributed by atoms with E-state index in [0.717, 1.165) is 24.9 Å². The minimum Gasteiger partial charge on any atom is -0.372 e. The lowest BCUT2D eigenvalue weighted by atomic mass is 10.1. The number of allylic oxidation sites excluding steroid dienone is 1. The monoisotopic (exact) mass is 203 g/mol. The first-order chi connectivity index (χ1) is 7.31. The summed E-state index contributed by atoms with van der Waals surface area (Å²) in [6, 6.07) is 8.18. The van der Waals surface area contributed by atoms with Crippen molar-refractivity contribution in [3.8, 4) is 0 Å². The van der Waals surface area contributed by atoms with Crippen molar-refractivity contribution in [2.75, 3.05) is 18.0 Å². The Bertz CT molecular complexity index is 340.